The number of hydrogen-bond donors (Lipinski definition) is 1. The third-order valence-electron chi connectivity index (χ3n) is 1.66. The van der Waals surface area contributed by atoms with Crippen molar-refractivity contribution in [2.24, 2.45) is 0 Å². The zero-order chi connectivity index (χ0) is 9.68. The van der Waals surface area contributed by atoms with Crippen LogP contribution in [0.4, 0.5) is 0 Å². The van der Waals surface area contributed by atoms with E-state index in [0.717, 1.165) is 11.1 Å². The number of amides is 1. The Hall–Kier alpha value is -1.27. The molecule has 0 aliphatic rings. The van der Waals surface area contributed by atoms with Gasteiger partial charge in [0.05, 0.1) is 5.56 Å². The molecule has 1 rings (SSSR count). The van der Waals surface area contributed by atoms with Gasteiger partial charge in [-0.15, -0.1) is 12.3 Å². The van der Waals surface area contributed by atoms with E-state index < -0.39 is 0 Å². The minimum absolute atomic E-state index is 0.0333. The predicted molar refractivity (Wildman–Crippen MR) is 54.8 cm³/mol. The molecule has 1 aromatic heterocycles. The molecular weight excluding hydrogens is 182 g/mol. The SMILES string of the molecule is C#CCCNC(=O)c1cscc1C. The summed E-state index contributed by atoms with van der Waals surface area (Å²) in [5.41, 5.74) is 1.77. The van der Waals surface area contributed by atoms with Crippen LogP contribution in [0.25, 0.3) is 0 Å². The third-order valence-corrected chi connectivity index (χ3v) is 2.52. The molecule has 0 spiro atoms. The largest absolute Gasteiger partial charge is 0.351 e. The van der Waals surface area contributed by atoms with Crippen LogP contribution in [0, 0.1) is 19.3 Å². The highest BCUT2D eigenvalue weighted by atomic mass is 32.1. The molecule has 0 atom stereocenters. The van der Waals surface area contributed by atoms with Gasteiger partial charge in [-0.2, -0.15) is 11.3 Å². The van der Waals surface area contributed by atoms with Crippen molar-refractivity contribution in [2.45, 2.75) is 13.3 Å². The van der Waals surface area contributed by atoms with Gasteiger partial charge in [0.25, 0.3) is 5.91 Å². The average molecular weight is 193 g/mol. The maximum Gasteiger partial charge on any atom is 0.252 e. The van der Waals surface area contributed by atoms with Gasteiger partial charge in [-0.25, -0.2) is 0 Å². The second-order valence-electron chi connectivity index (χ2n) is 2.68. The Bertz CT molecular complexity index is 335. The normalized spacial score (nSPS) is 9.23. The number of hydrogen-bond acceptors (Lipinski definition) is 2. The molecule has 0 unspecified atom stereocenters. The van der Waals surface area contributed by atoms with E-state index in [9.17, 15) is 4.79 Å². The Morgan fingerprint density at radius 1 is 1.69 bits per heavy atom. The van der Waals surface area contributed by atoms with Gasteiger partial charge >= 0.3 is 0 Å². The van der Waals surface area contributed by atoms with E-state index in [4.69, 9.17) is 6.42 Å². The highest BCUT2D eigenvalue weighted by Gasteiger charge is 2.07. The third kappa shape index (κ3) is 2.60. The summed E-state index contributed by atoms with van der Waals surface area (Å²) in [5, 5.41) is 6.55. The Kier molecular flexibility index (Phi) is 3.53. The molecule has 1 amide bonds. The molecule has 1 N–H and O–H groups in total. The van der Waals surface area contributed by atoms with Crippen molar-refractivity contribution >= 4 is 17.2 Å². The molecule has 0 saturated heterocycles. The van der Waals surface area contributed by atoms with Crippen molar-refractivity contribution in [1.29, 1.82) is 0 Å². The zero-order valence-electron chi connectivity index (χ0n) is 7.46. The van der Waals surface area contributed by atoms with Gasteiger partial charge < -0.3 is 5.32 Å². The lowest BCUT2D eigenvalue weighted by atomic mass is 10.2. The first kappa shape index (κ1) is 9.82. The van der Waals surface area contributed by atoms with Crippen LogP contribution in [0.5, 0.6) is 0 Å². The van der Waals surface area contributed by atoms with Gasteiger partial charge in [0.1, 0.15) is 0 Å². The van der Waals surface area contributed by atoms with Gasteiger partial charge in [-0.3, -0.25) is 4.79 Å². The van der Waals surface area contributed by atoms with E-state index in [1.807, 2.05) is 17.7 Å². The molecule has 0 radical (unpaired) electrons. The molecule has 0 saturated carbocycles. The smallest absolute Gasteiger partial charge is 0.252 e. The van der Waals surface area contributed by atoms with E-state index in [0.29, 0.717) is 13.0 Å². The summed E-state index contributed by atoms with van der Waals surface area (Å²) in [4.78, 5) is 11.4. The van der Waals surface area contributed by atoms with Crippen LogP contribution in [-0.2, 0) is 0 Å². The first-order valence-corrected chi connectivity index (χ1v) is 4.94. The van der Waals surface area contributed by atoms with Crippen LogP contribution >= 0.6 is 11.3 Å². The molecule has 3 heteroatoms. The topological polar surface area (TPSA) is 29.1 Å². The van der Waals surface area contributed by atoms with Crippen LogP contribution in [0.2, 0.25) is 0 Å². The summed E-state index contributed by atoms with van der Waals surface area (Å²) in [6.07, 6.45) is 5.64. The predicted octanol–water partition coefficient (Wildman–Crippen LogP) is 1.81. The highest BCUT2D eigenvalue weighted by Crippen LogP contribution is 2.12. The molecule has 0 aromatic carbocycles. The fourth-order valence-corrected chi connectivity index (χ4v) is 1.76. The Morgan fingerprint density at radius 2 is 2.46 bits per heavy atom. The van der Waals surface area contributed by atoms with Crippen LogP contribution in [0.3, 0.4) is 0 Å². The molecule has 0 aliphatic heterocycles. The molecule has 68 valence electrons. The van der Waals surface area contributed by atoms with E-state index in [1.54, 1.807) is 0 Å². The second kappa shape index (κ2) is 4.68. The van der Waals surface area contributed by atoms with Gasteiger partial charge in [-0.05, 0) is 17.9 Å². The summed E-state index contributed by atoms with van der Waals surface area (Å²) in [6.45, 7) is 2.47. The quantitative estimate of drug-likeness (QED) is 0.575. The maximum atomic E-state index is 11.4. The van der Waals surface area contributed by atoms with E-state index in [2.05, 4.69) is 11.2 Å². The fourth-order valence-electron chi connectivity index (χ4n) is 0.937. The van der Waals surface area contributed by atoms with Gasteiger partial charge in [-0.1, -0.05) is 0 Å². The number of thiophene rings is 1. The molecule has 0 bridgehead atoms. The van der Waals surface area contributed by atoms with Crippen LogP contribution in [0.15, 0.2) is 10.8 Å². The lowest BCUT2D eigenvalue weighted by molar-refractivity contribution is 0.0954. The molecule has 13 heavy (non-hydrogen) atoms. The number of carbonyl (C=O) groups is 1. The van der Waals surface area contributed by atoms with Crippen molar-refractivity contribution in [1.82, 2.24) is 5.32 Å². The van der Waals surface area contributed by atoms with Crippen molar-refractivity contribution in [3.05, 3.63) is 21.9 Å². The summed E-state index contributed by atoms with van der Waals surface area (Å²) in [6, 6.07) is 0. The van der Waals surface area contributed by atoms with Gasteiger partial charge in [0, 0.05) is 18.3 Å². The standard InChI is InChI=1S/C10H11NOS/c1-3-4-5-11-10(12)9-7-13-6-8(9)2/h1,6-7H,4-5H2,2H3,(H,11,12). The van der Waals surface area contributed by atoms with Crippen molar-refractivity contribution in [3.8, 4) is 12.3 Å². The number of aryl methyl sites for hydroxylation is 1. The number of rotatable bonds is 3. The minimum Gasteiger partial charge on any atom is -0.351 e. The molecule has 0 fully saturated rings. The Labute approximate surface area is 82.0 Å². The molecule has 1 heterocycles. The lowest BCUT2D eigenvalue weighted by Gasteiger charge is -2.01. The molecular formula is C10H11NOS. The van der Waals surface area contributed by atoms with Crippen LogP contribution in [-0.4, -0.2) is 12.5 Å². The molecule has 2 nitrogen and oxygen atoms in total. The van der Waals surface area contributed by atoms with E-state index in [1.165, 1.54) is 11.3 Å². The van der Waals surface area contributed by atoms with Gasteiger partial charge in [0.15, 0.2) is 0 Å². The first-order valence-electron chi connectivity index (χ1n) is 4.00. The molecule has 1 aromatic rings. The van der Waals surface area contributed by atoms with Crippen molar-refractivity contribution in [2.75, 3.05) is 6.54 Å². The fraction of sp³-hybridized carbons (Fsp3) is 0.300. The van der Waals surface area contributed by atoms with E-state index >= 15 is 0 Å². The first-order chi connectivity index (χ1) is 6.25. The number of carbonyl (C=O) groups excluding carboxylic acids is 1. The number of nitrogens with one attached hydrogen (secondary N) is 1. The van der Waals surface area contributed by atoms with E-state index in [-0.39, 0.29) is 5.91 Å². The van der Waals surface area contributed by atoms with Crippen molar-refractivity contribution < 1.29 is 4.79 Å². The second-order valence-corrected chi connectivity index (χ2v) is 3.42. The van der Waals surface area contributed by atoms with Gasteiger partial charge in [0.2, 0.25) is 0 Å². The summed E-state index contributed by atoms with van der Waals surface area (Å²) in [7, 11) is 0. The zero-order valence-corrected chi connectivity index (χ0v) is 8.28. The summed E-state index contributed by atoms with van der Waals surface area (Å²) < 4.78 is 0. The summed E-state index contributed by atoms with van der Waals surface area (Å²) in [5.74, 6) is 2.44. The minimum atomic E-state index is -0.0333. The maximum absolute atomic E-state index is 11.4. The van der Waals surface area contributed by atoms with Crippen LogP contribution < -0.4 is 5.32 Å². The lowest BCUT2D eigenvalue weighted by Crippen LogP contribution is -2.24. The Morgan fingerprint density at radius 3 is 3.00 bits per heavy atom. The highest BCUT2D eigenvalue weighted by molar-refractivity contribution is 7.08. The van der Waals surface area contributed by atoms with Crippen LogP contribution in [0.1, 0.15) is 22.3 Å². The monoisotopic (exact) mass is 193 g/mol. The number of terminal acetylenes is 1. The summed E-state index contributed by atoms with van der Waals surface area (Å²) >= 11 is 1.53. The molecule has 0 aliphatic carbocycles. The van der Waals surface area contributed by atoms with Crippen molar-refractivity contribution in [3.63, 3.8) is 0 Å². The Balaban J connectivity index is 2.50. The average Bonchev–Trinajstić information content (AvgIpc) is 2.52.